The molecule has 2 aromatic carbocycles. The first-order valence-corrected chi connectivity index (χ1v) is 9.84. The van der Waals surface area contributed by atoms with Gasteiger partial charge in [0.1, 0.15) is 5.69 Å². The molecule has 0 radical (unpaired) electrons. The van der Waals surface area contributed by atoms with Gasteiger partial charge >= 0.3 is 0 Å². The quantitative estimate of drug-likeness (QED) is 0.601. The fraction of sp³-hybridized carbons (Fsp3) is 0.318. The number of fused-ring (bicyclic) bond motifs is 1. The summed E-state index contributed by atoms with van der Waals surface area (Å²) >= 11 is 6.41. The largest absolute Gasteiger partial charge is 0.349 e. The molecule has 1 atom stereocenters. The zero-order chi connectivity index (χ0) is 19.2. The zero-order valence-corrected chi connectivity index (χ0v) is 16.6. The Kier molecular flexibility index (Phi) is 6.54. The van der Waals surface area contributed by atoms with E-state index in [0.29, 0.717) is 17.3 Å². The molecule has 27 heavy (non-hydrogen) atoms. The summed E-state index contributed by atoms with van der Waals surface area (Å²) in [5, 5.41) is 4.42. The first-order valence-electron chi connectivity index (χ1n) is 9.46. The van der Waals surface area contributed by atoms with Gasteiger partial charge in [-0.15, -0.1) is 0 Å². The number of likely N-dealkylation sites (N-methyl/N-ethyl adjacent to an activating group) is 1. The van der Waals surface area contributed by atoms with E-state index in [9.17, 15) is 4.79 Å². The molecule has 1 amide bonds. The molecule has 1 heterocycles. The van der Waals surface area contributed by atoms with E-state index in [4.69, 9.17) is 11.6 Å². The van der Waals surface area contributed by atoms with Crippen LogP contribution >= 0.6 is 11.6 Å². The Hall–Kier alpha value is -2.30. The topological polar surface area (TPSA) is 48.1 Å². The number of amides is 1. The first-order chi connectivity index (χ1) is 13.1. The Labute approximate surface area is 165 Å². The molecule has 2 N–H and O–H groups in total. The summed E-state index contributed by atoms with van der Waals surface area (Å²) in [6, 6.07) is 18.3. The lowest BCUT2D eigenvalue weighted by Gasteiger charge is -2.30. The predicted molar refractivity (Wildman–Crippen MR) is 112 cm³/mol. The highest BCUT2D eigenvalue weighted by Crippen LogP contribution is 2.27. The van der Waals surface area contributed by atoms with Gasteiger partial charge in [-0.25, -0.2) is 0 Å². The van der Waals surface area contributed by atoms with Crippen LogP contribution in [0.15, 0.2) is 54.6 Å². The van der Waals surface area contributed by atoms with Crippen molar-refractivity contribution in [3.05, 3.63) is 70.9 Å². The van der Waals surface area contributed by atoms with Crippen LogP contribution in [0.2, 0.25) is 5.02 Å². The average molecular weight is 384 g/mol. The van der Waals surface area contributed by atoms with Gasteiger partial charge in [0.05, 0.1) is 5.02 Å². The Morgan fingerprint density at radius 1 is 1.07 bits per heavy atom. The summed E-state index contributed by atoms with van der Waals surface area (Å²) < 4.78 is 0. The number of rotatable bonds is 8. The molecule has 0 aliphatic carbocycles. The van der Waals surface area contributed by atoms with Gasteiger partial charge in [-0.2, -0.15) is 0 Å². The molecule has 0 unspecified atom stereocenters. The highest BCUT2D eigenvalue weighted by atomic mass is 35.5. The Morgan fingerprint density at radius 3 is 2.41 bits per heavy atom. The smallest absolute Gasteiger partial charge is 0.269 e. The van der Waals surface area contributed by atoms with Crippen molar-refractivity contribution >= 4 is 28.4 Å². The lowest BCUT2D eigenvalue weighted by molar-refractivity contribution is 0.0930. The highest BCUT2D eigenvalue weighted by molar-refractivity contribution is 6.38. The minimum absolute atomic E-state index is 0.165. The SMILES string of the molecule is CCN(CC)[C@@H](CNC(=O)c1[nH]c2ccccc2c1Cl)Cc1ccccc1. The number of aromatic nitrogens is 1. The molecular formula is C22H26ClN3O. The van der Waals surface area contributed by atoms with Crippen molar-refractivity contribution in [3.8, 4) is 0 Å². The number of para-hydroxylation sites is 1. The van der Waals surface area contributed by atoms with Gasteiger partial charge in [0.25, 0.3) is 5.91 Å². The third kappa shape index (κ3) is 4.52. The summed E-state index contributed by atoms with van der Waals surface area (Å²) in [5.41, 5.74) is 2.57. The molecule has 5 heteroatoms. The Bertz CT molecular complexity index is 887. The van der Waals surface area contributed by atoms with Gasteiger partial charge in [0, 0.05) is 23.5 Å². The van der Waals surface area contributed by atoms with Crippen molar-refractivity contribution in [3.63, 3.8) is 0 Å². The van der Waals surface area contributed by atoms with Crippen LogP contribution < -0.4 is 5.32 Å². The van der Waals surface area contributed by atoms with Crippen LogP contribution in [0.25, 0.3) is 10.9 Å². The maximum Gasteiger partial charge on any atom is 0.269 e. The van der Waals surface area contributed by atoms with E-state index in [0.717, 1.165) is 30.4 Å². The van der Waals surface area contributed by atoms with Crippen molar-refractivity contribution in [2.75, 3.05) is 19.6 Å². The molecule has 3 aromatic rings. The van der Waals surface area contributed by atoms with Gasteiger partial charge in [-0.1, -0.05) is 74.0 Å². The van der Waals surface area contributed by atoms with Crippen LogP contribution in [0.3, 0.4) is 0 Å². The van der Waals surface area contributed by atoms with Crippen LogP contribution in [-0.4, -0.2) is 41.5 Å². The monoisotopic (exact) mass is 383 g/mol. The van der Waals surface area contributed by atoms with Crippen LogP contribution in [-0.2, 0) is 6.42 Å². The van der Waals surface area contributed by atoms with Gasteiger partial charge in [0.15, 0.2) is 0 Å². The normalized spacial score (nSPS) is 12.4. The lowest BCUT2D eigenvalue weighted by Crippen LogP contribution is -2.45. The van der Waals surface area contributed by atoms with E-state index in [1.165, 1.54) is 5.56 Å². The molecule has 1 aromatic heterocycles. The second-order valence-corrected chi connectivity index (χ2v) is 7.01. The number of nitrogens with zero attached hydrogens (tertiary/aromatic N) is 1. The molecule has 0 aliphatic heterocycles. The van der Waals surface area contributed by atoms with E-state index in [2.05, 4.69) is 53.3 Å². The van der Waals surface area contributed by atoms with Crippen molar-refractivity contribution in [2.45, 2.75) is 26.3 Å². The summed E-state index contributed by atoms with van der Waals surface area (Å²) in [6.45, 7) is 6.75. The van der Waals surface area contributed by atoms with E-state index in [1.807, 2.05) is 30.3 Å². The number of hydrogen-bond acceptors (Lipinski definition) is 2. The number of aromatic amines is 1. The van der Waals surface area contributed by atoms with Gasteiger partial charge in [-0.3, -0.25) is 9.69 Å². The van der Waals surface area contributed by atoms with Gasteiger partial charge < -0.3 is 10.3 Å². The standard InChI is InChI=1S/C22H26ClN3O/c1-3-26(4-2)17(14-16-10-6-5-7-11-16)15-24-22(27)21-20(23)18-12-8-9-13-19(18)25-21/h5-13,17,25H,3-4,14-15H2,1-2H3,(H,24,27)/t17-/m1/s1. The van der Waals surface area contributed by atoms with E-state index in [-0.39, 0.29) is 11.9 Å². The molecule has 4 nitrogen and oxygen atoms in total. The number of carbonyl (C=O) groups is 1. The van der Waals surface area contributed by atoms with Gasteiger partial charge in [0.2, 0.25) is 0 Å². The maximum absolute atomic E-state index is 12.7. The molecule has 0 bridgehead atoms. The third-order valence-electron chi connectivity index (χ3n) is 5.01. The zero-order valence-electron chi connectivity index (χ0n) is 15.8. The van der Waals surface area contributed by atoms with E-state index in [1.54, 1.807) is 0 Å². The number of H-pyrrole nitrogens is 1. The minimum atomic E-state index is -0.165. The molecule has 0 saturated carbocycles. The molecule has 0 spiro atoms. The fourth-order valence-electron chi connectivity index (χ4n) is 3.52. The molecular weight excluding hydrogens is 358 g/mol. The van der Waals surface area contributed by atoms with Crippen LogP contribution in [0.1, 0.15) is 29.9 Å². The molecule has 0 saturated heterocycles. The number of carbonyl (C=O) groups excluding carboxylic acids is 1. The van der Waals surface area contributed by atoms with Crippen molar-refractivity contribution < 1.29 is 4.79 Å². The minimum Gasteiger partial charge on any atom is -0.349 e. The molecule has 0 fully saturated rings. The van der Waals surface area contributed by atoms with Crippen molar-refractivity contribution in [2.24, 2.45) is 0 Å². The average Bonchev–Trinajstić information content (AvgIpc) is 3.04. The lowest BCUT2D eigenvalue weighted by atomic mass is 10.0. The van der Waals surface area contributed by atoms with E-state index < -0.39 is 0 Å². The summed E-state index contributed by atoms with van der Waals surface area (Å²) in [6.07, 6.45) is 0.892. The van der Waals surface area contributed by atoms with Crippen LogP contribution in [0.4, 0.5) is 0 Å². The third-order valence-corrected chi connectivity index (χ3v) is 5.40. The maximum atomic E-state index is 12.7. The second kappa shape index (κ2) is 9.07. The van der Waals surface area contributed by atoms with Crippen LogP contribution in [0, 0.1) is 0 Å². The highest BCUT2D eigenvalue weighted by Gasteiger charge is 2.20. The van der Waals surface area contributed by atoms with Gasteiger partial charge in [-0.05, 0) is 31.1 Å². The first kappa shape index (κ1) is 19.5. The predicted octanol–water partition coefficient (Wildman–Crippen LogP) is 4.50. The number of halogens is 1. The molecule has 0 aliphatic rings. The summed E-state index contributed by atoms with van der Waals surface area (Å²) in [5.74, 6) is -0.165. The van der Waals surface area contributed by atoms with Crippen molar-refractivity contribution in [1.29, 1.82) is 0 Å². The van der Waals surface area contributed by atoms with E-state index >= 15 is 0 Å². The number of hydrogen-bond donors (Lipinski definition) is 2. The number of benzene rings is 2. The number of nitrogens with one attached hydrogen (secondary N) is 2. The summed E-state index contributed by atoms with van der Waals surface area (Å²) in [7, 11) is 0. The molecule has 142 valence electrons. The fourth-order valence-corrected chi connectivity index (χ4v) is 3.82. The van der Waals surface area contributed by atoms with Crippen LogP contribution in [0.5, 0.6) is 0 Å². The summed E-state index contributed by atoms with van der Waals surface area (Å²) in [4.78, 5) is 18.3. The van der Waals surface area contributed by atoms with Crippen molar-refractivity contribution in [1.82, 2.24) is 15.2 Å². The Balaban J connectivity index is 1.73. The second-order valence-electron chi connectivity index (χ2n) is 6.63. The Morgan fingerprint density at radius 2 is 1.74 bits per heavy atom. The molecule has 3 rings (SSSR count).